The van der Waals surface area contributed by atoms with Crippen LogP contribution in [0, 0.1) is 5.41 Å². The van der Waals surface area contributed by atoms with E-state index in [2.05, 4.69) is 14.8 Å². The molecule has 1 aromatic heterocycles. The Balaban J connectivity index is 1.54. The Bertz CT molecular complexity index is 493. The van der Waals surface area contributed by atoms with Crippen molar-refractivity contribution in [1.29, 1.82) is 0 Å². The van der Waals surface area contributed by atoms with Crippen molar-refractivity contribution >= 4 is 11.8 Å². The highest BCUT2D eigenvalue weighted by Gasteiger charge is 2.53. The molecular formula is C15H23N5. The van der Waals surface area contributed by atoms with Crippen LogP contribution < -0.4 is 15.5 Å². The number of anilines is 2. The molecule has 2 aliphatic heterocycles. The minimum Gasteiger partial charge on any atom is -0.354 e. The first kappa shape index (κ1) is 12.4. The molecule has 3 fully saturated rings. The minimum atomic E-state index is 0.316. The van der Waals surface area contributed by atoms with Gasteiger partial charge < -0.3 is 15.5 Å². The van der Waals surface area contributed by atoms with Crippen LogP contribution in [-0.4, -0.2) is 42.2 Å². The molecule has 5 heteroatoms. The molecule has 1 aliphatic carbocycles. The highest BCUT2D eigenvalue weighted by molar-refractivity contribution is 5.46. The number of piperidine rings is 1. The monoisotopic (exact) mass is 273 g/mol. The summed E-state index contributed by atoms with van der Waals surface area (Å²) in [5.41, 5.74) is 6.69. The Hall–Kier alpha value is -1.36. The quantitative estimate of drug-likeness (QED) is 0.882. The SMILES string of the molecule is NC1CN(c2ccnc(N3CCCCC3)n2)CC12CC2. The van der Waals surface area contributed by atoms with Crippen LogP contribution in [-0.2, 0) is 0 Å². The third-order valence-electron chi connectivity index (χ3n) is 5.19. The van der Waals surface area contributed by atoms with Gasteiger partial charge in [0.25, 0.3) is 0 Å². The zero-order valence-corrected chi connectivity index (χ0v) is 12.0. The Morgan fingerprint density at radius 1 is 1.15 bits per heavy atom. The van der Waals surface area contributed by atoms with Gasteiger partial charge in [-0.2, -0.15) is 4.98 Å². The molecule has 3 aliphatic rings. The van der Waals surface area contributed by atoms with Crippen LogP contribution in [0.15, 0.2) is 12.3 Å². The molecule has 3 heterocycles. The fourth-order valence-electron chi connectivity index (χ4n) is 3.62. The van der Waals surface area contributed by atoms with Crippen molar-refractivity contribution in [2.45, 2.75) is 38.1 Å². The molecule has 0 aromatic carbocycles. The van der Waals surface area contributed by atoms with E-state index in [0.717, 1.165) is 37.9 Å². The van der Waals surface area contributed by atoms with Gasteiger partial charge in [0.15, 0.2) is 0 Å². The van der Waals surface area contributed by atoms with E-state index in [1.165, 1.54) is 32.1 Å². The second-order valence-corrected chi connectivity index (χ2v) is 6.61. The Morgan fingerprint density at radius 3 is 2.65 bits per heavy atom. The van der Waals surface area contributed by atoms with E-state index in [-0.39, 0.29) is 0 Å². The fraction of sp³-hybridized carbons (Fsp3) is 0.733. The van der Waals surface area contributed by atoms with Crippen molar-refractivity contribution in [2.24, 2.45) is 11.1 Å². The molecular weight excluding hydrogens is 250 g/mol. The first-order valence-electron chi connectivity index (χ1n) is 7.85. The van der Waals surface area contributed by atoms with Gasteiger partial charge in [0, 0.05) is 43.8 Å². The highest BCUT2D eigenvalue weighted by atomic mass is 15.3. The maximum Gasteiger partial charge on any atom is 0.227 e. The van der Waals surface area contributed by atoms with Crippen molar-refractivity contribution in [1.82, 2.24) is 9.97 Å². The summed E-state index contributed by atoms with van der Waals surface area (Å²) < 4.78 is 0. The van der Waals surface area contributed by atoms with Crippen LogP contribution in [0.1, 0.15) is 32.1 Å². The van der Waals surface area contributed by atoms with E-state index >= 15 is 0 Å². The second kappa shape index (κ2) is 4.58. The van der Waals surface area contributed by atoms with Gasteiger partial charge in [0.05, 0.1) is 0 Å². The van der Waals surface area contributed by atoms with Gasteiger partial charge in [0.2, 0.25) is 5.95 Å². The number of aromatic nitrogens is 2. The predicted molar refractivity (Wildman–Crippen MR) is 80.0 cm³/mol. The molecule has 0 radical (unpaired) electrons. The molecule has 2 N–H and O–H groups in total. The lowest BCUT2D eigenvalue weighted by Crippen LogP contribution is -2.32. The molecule has 4 rings (SSSR count). The zero-order valence-electron chi connectivity index (χ0n) is 12.0. The van der Waals surface area contributed by atoms with Crippen molar-refractivity contribution in [3.8, 4) is 0 Å². The number of rotatable bonds is 2. The topological polar surface area (TPSA) is 58.3 Å². The lowest BCUT2D eigenvalue weighted by molar-refractivity contribution is 0.499. The molecule has 1 aromatic rings. The van der Waals surface area contributed by atoms with Crippen LogP contribution in [0.5, 0.6) is 0 Å². The van der Waals surface area contributed by atoms with E-state index in [1.54, 1.807) is 0 Å². The van der Waals surface area contributed by atoms with Gasteiger partial charge in [-0.1, -0.05) is 0 Å². The summed E-state index contributed by atoms with van der Waals surface area (Å²) in [6, 6.07) is 2.34. The summed E-state index contributed by atoms with van der Waals surface area (Å²) in [7, 11) is 0. The first-order valence-corrected chi connectivity index (χ1v) is 7.85. The molecule has 20 heavy (non-hydrogen) atoms. The highest BCUT2D eigenvalue weighted by Crippen LogP contribution is 2.52. The lowest BCUT2D eigenvalue weighted by atomic mass is 10.0. The molecule has 1 saturated carbocycles. The maximum atomic E-state index is 6.29. The standard InChI is InChI=1S/C15H23N5/c16-12-10-20(11-15(12)5-6-15)13-4-7-17-14(18-13)19-8-2-1-3-9-19/h4,7,12H,1-3,5-6,8-11,16H2. The largest absolute Gasteiger partial charge is 0.354 e. The van der Waals surface area contributed by atoms with Crippen LogP contribution >= 0.6 is 0 Å². The molecule has 0 amide bonds. The second-order valence-electron chi connectivity index (χ2n) is 6.61. The minimum absolute atomic E-state index is 0.316. The number of hydrogen-bond acceptors (Lipinski definition) is 5. The van der Waals surface area contributed by atoms with Gasteiger partial charge in [0.1, 0.15) is 5.82 Å². The van der Waals surface area contributed by atoms with Gasteiger partial charge >= 0.3 is 0 Å². The average Bonchev–Trinajstić information content (AvgIpc) is 3.21. The molecule has 1 unspecified atom stereocenters. The Kier molecular flexibility index (Phi) is 2.84. The fourth-order valence-corrected chi connectivity index (χ4v) is 3.62. The third kappa shape index (κ3) is 2.04. The van der Waals surface area contributed by atoms with Crippen molar-refractivity contribution in [3.05, 3.63) is 12.3 Å². The number of nitrogens with zero attached hydrogens (tertiary/aromatic N) is 4. The summed E-state index contributed by atoms with van der Waals surface area (Å²) in [6.45, 7) is 4.20. The van der Waals surface area contributed by atoms with E-state index in [1.807, 2.05) is 12.3 Å². The van der Waals surface area contributed by atoms with Crippen molar-refractivity contribution < 1.29 is 0 Å². The van der Waals surface area contributed by atoms with Gasteiger partial charge in [-0.05, 0) is 38.2 Å². The molecule has 5 nitrogen and oxygen atoms in total. The molecule has 0 bridgehead atoms. The third-order valence-corrected chi connectivity index (χ3v) is 5.19. The molecule has 1 atom stereocenters. The van der Waals surface area contributed by atoms with Crippen molar-refractivity contribution in [3.63, 3.8) is 0 Å². The zero-order chi connectivity index (χ0) is 13.6. The smallest absolute Gasteiger partial charge is 0.227 e. The first-order chi connectivity index (χ1) is 9.77. The van der Waals surface area contributed by atoms with Crippen LogP contribution in [0.2, 0.25) is 0 Å². The molecule has 108 valence electrons. The summed E-state index contributed by atoms with van der Waals surface area (Å²) in [4.78, 5) is 13.9. The summed E-state index contributed by atoms with van der Waals surface area (Å²) >= 11 is 0. The summed E-state index contributed by atoms with van der Waals surface area (Å²) in [5, 5.41) is 0. The maximum absolute atomic E-state index is 6.29. The summed E-state index contributed by atoms with van der Waals surface area (Å²) in [5.74, 6) is 1.95. The lowest BCUT2D eigenvalue weighted by Gasteiger charge is -2.27. The van der Waals surface area contributed by atoms with Crippen LogP contribution in [0.4, 0.5) is 11.8 Å². The summed E-state index contributed by atoms with van der Waals surface area (Å²) in [6.07, 6.45) is 8.31. The van der Waals surface area contributed by atoms with Crippen molar-refractivity contribution in [2.75, 3.05) is 36.0 Å². The molecule has 2 saturated heterocycles. The number of nitrogens with two attached hydrogens (primary N) is 1. The van der Waals surface area contributed by atoms with E-state index in [0.29, 0.717) is 11.5 Å². The van der Waals surface area contributed by atoms with E-state index in [9.17, 15) is 0 Å². The normalized spacial score (nSPS) is 28.1. The van der Waals surface area contributed by atoms with Gasteiger partial charge in [-0.25, -0.2) is 4.98 Å². The Morgan fingerprint density at radius 2 is 1.95 bits per heavy atom. The number of hydrogen-bond donors (Lipinski definition) is 1. The van der Waals surface area contributed by atoms with Gasteiger partial charge in [-0.3, -0.25) is 0 Å². The van der Waals surface area contributed by atoms with E-state index < -0.39 is 0 Å². The van der Waals surface area contributed by atoms with Crippen LogP contribution in [0.3, 0.4) is 0 Å². The van der Waals surface area contributed by atoms with Gasteiger partial charge in [-0.15, -0.1) is 0 Å². The predicted octanol–water partition coefficient (Wildman–Crippen LogP) is 1.39. The Labute approximate surface area is 120 Å². The van der Waals surface area contributed by atoms with E-state index in [4.69, 9.17) is 10.7 Å². The average molecular weight is 273 g/mol. The van der Waals surface area contributed by atoms with Crippen LogP contribution in [0.25, 0.3) is 0 Å². The molecule has 1 spiro atoms.